The van der Waals surface area contributed by atoms with Crippen LogP contribution in [0.1, 0.15) is 52.5 Å². The van der Waals surface area contributed by atoms with E-state index in [9.17, 15) is 0 Å². The number of hydrogen-bond donors (Lipinski definition) is 1. The molecule has 0 saturated carbocycles. The van der Waals surface area contributed by atoms with E-state index in [1.54, 1.807) is 0 Å². The van der Waals surface area contributed by atoms with Crippen molar-refractivity contribution in [2.24, 2.45) is 11.3 Å². The van der Waals surface area contributed by atoms with Crippen LogP contribution in [0, 0.1) is 11.3 Å². The summed E-state index contributed by atoms with van der Waals surface area (Å²) in [5, 5.41) is 3.39. The average molecular weight is 289 g/mol. The Morgan fingerprint density at radius 1 is 1.29 bits per heavy atom. The Hall–Kier alpha value is -1.09. The van der Waals surface area contributed by atoms with Gasteiger partial charge in [0.2, 0.25) is 0 Å². The molecule has 0 aliphatic carbocycles. The largest absolute Gasteiger partial charge is 0.357 e. The monoisotopic (exact) mass is 289 g/mol. The summed E-state index contributed by atoms with van der Waals surface area (Å²) >= 11 is 0. The quantitative estimate of drug-likeness (QED) is 0.912. The SMILES string of the molecule is CCNCc1ccnc(N2CCCC(C(C)(C)C)CC2)c1. The molecule has 1 aromatic heterocycles. The van der Waals surface area contributed by atoms with Gasteiger partial charge < -0.3 is 10.2 Å². The molecule has 3 nitrogen and oxygen atoms in total. The van der Waals surface area contributed by atoms with E-state index < -0.39 is 0 Å². The van der Waals surface area contributed by atoms with E-state index in [1.807, 2.05) is 6.20 Å². The van der Waals surface area contributed by atoms with Crippen molar-refractivity contribution < 1.29 is 0 Å². The number of nitrogens with one attached hydrogen (secondary N) is 1. The van der Waals surface area contributed by atoms with Gasteiger partial charge in [0.05, 0.1) is 0 Å². The summed E-state index contributed by atoms with van der Waals surface area (Å²) in [5.41, 5.74) is 1.76. The van der Waals surface area contributed by atoms with Gasteiger partial charge in [-0.2, -0.15) is 0 Å². The maximum absolute atomic E-state index is 4.60. The lowest BCUT2D eigenvalue weighted by Gasteiger charge is -2.30. The molecule has 1 aliphatic heterocycles. The highest BCUT2D eigenvalue weighted by atomic mass is 15.2. The van der Waals surface area contributed by atoms with Crippen LogP contribution in [0.5, 0.6) is 0 Å². The maximum atomic E-state index is 4.60. The summed E-state index contributed by atoms with van der Waals surface area (Å²) in [4.78, 5) is 7.07. The van der Waals surface area contributed by atoms with E-state index in [1.165, 1.54) is 24.8 Å². The van der Waals surface area contributed by atoms with E-state index in [2.05, 4.69) is 55.0 Å². The molecular weight excluding hydrogens is 258 g/mol. The molecule has 2 heterocycles. The minimum atomic E-state index is 0.427. The highest BCUT2D eigenvalue weighted by Crippen LogP contribution is 2.34. The zero-order valence-electron chi connectivity index (χ0n) is 14.2. The Kier molecular flexibility index (Phi) is 5.63. The second kappa shape index (κ2) is 7.26. The lowest BCUT2D eigenvalue weighted by Crippen LogP contribution is -2.27. The van der Waals surface area contributed by atoms with Crippen LogP contribution < -0.4 is 10.2 Å². The summed E-state index contributed by atoms with van der Waals surface area (Å²) in [7, 11) is 0. The van der Waals surface area contributed by atoms with Gasteiger partial charge >= 0.3 is 0 Å². The van der Waals surface area contributed by atoms with Crippen molar-refractivity contribution in [1.82, 2.24) is 10.3 Å². The first-order chi connectivity index (χ1) is 10.0. The molecule has 118 valence electrons. The first kappa shape index (κ1) is 16.3. The predicted octanol–water partition coefficient (Wildman–Crippen LogP) is 3.84. The van der Waals surface area contributed by atoms with Crippen LogP contribution in [-0.2, 0) is 6.54 Å². The zero-order valence-corrected chi connectivity index (χ0v) is 14.2. The fourth-order valence-electron chi connectivity index (χ4n) is 3.20. The van der Waals surface area contributed by atoms with Gasteiger partial charge in [0.1, 0.15) is 5.82 Å². The maximum Gasteiger partial charge on any atom is 0.128 e. The minimum absolute atomic E-state index is 0.427. The first-order valence-electron chi connectivity index (χ1n) is 8.41. The molecule has 0 spiro atoms. The van der Waals surface area contributed by atoms with Gasteiger partial charge in [0.25, 0.3) is 0 Å². The van der Waals surface area contributed by atoms with Gasteiger partial charge in [-0.15, -0.1) is 0 Å². The molecule has 2 rings (SSSR count). The lowest BCUT2D eigenvalue weighted by atomic mass is 9.77. The Morgan fingerprint density at radius 2 is 2.10 bits per heavy atom. The standard InChI is InChI=1S/C18H31N3/c1-5-19-14-15-8-10-20-17(13-15)21-11-6-7-16(9-12-21)18(2,3)4/h8,10,13,16,19H,5-7,9,11-12,14H2,1-4H3. The number of hydrogen-bond acceptors (Lipinski definition) is 3. The van der Waals surface area contributed by atoms with Gasteiger partial charge in [-0.25, -0.2) is 4.98 Å². The van der Waals surface area contributed by atoms with Gasteiger partial charge in [-0.05, 0) is 54.8 Å². The highest BCUT2D eigenvalue weighted by Gasteiger charge is 2.27. The number of pyridine rings is 1. The third-order valence-corrected chi connectivity index (χ3v) is 4.67. The fourth-order valence-corrected chi connectivity index (χ4v) is 3.20. The molecule has 1 N–H and O–H groups in total. The molecule has 1 aromatic rings. The average Bonchev–Trinajstić information content (AvgIpc) is 2.71. The van der Waals surface area contributed by atoms with Crippen molar-refractivity contribution in [3.63, 3.8) is 0 Å². The number of aromatic nitrogens is 1. The van der Waals surface area contributed by atoms with E-state index >= 15 is 0 Å². The van der Waals surface area contributed by atoms with E-state index in [0.717, 1.165) is 37.9 Å². The molecule has 0 bridgehead atoms. The van der Waals surface area contributed by atoms with E-state index in [0.29, 0.717) is 5.41 Å². The van der Waals surface area contributed by atoms with Crippen molar-refractivity contribution >= 4 is 5.82 Å². The molecule has 0 radical (unpaired) electrons. The fraction of sp³-hybridized carbons (Fsp3) is 0.722. The summed E-state index contributed by atoms with van der Waals surface area (Å²) < 4.78 is 0. The van der Waals surface area contributed by atoms with Crippen molar-refractivity contribution in [2.45, 2.75) is 53.5 Å². The van der Waals surface area contributed by atoms with Crippen LogP contribution in [0.3, 0.4) is 0 Å². The smallest absolute Gasteiger partial charge is 0.128 e. The van der Waals surface area contributed by atoms with E-state index in [-0.39, 0.29) is 0 Å². The topological polar surface area (TPSA) is 28.2 Å². The zero-order chi connectivity index (χ0) is 15.3. The molecule has 0 amide bonds. The van der Waals surface area contributed by atoms with Crippen LogP contribution in [-0.4, -0.2) is 24.6 Å². The molecule has 21 heavy (non-hydrogen) atoms. The molecule has 1 fully saturated rings. The predicted molar refractivity (Wildman–Crippen MR) is 90.6 cm³/mol. The second-order valence-electron chi connectivity index (χ2n) is 7.28. The number of anilines is 1. The second-order valence-corrected chi connectivity index (χ2v) is 7.28. The van der Waals surface area contributed by atoms with Crippen LogP contribution in [0.2, 0.25) is 0 Å². The Bertz CT molecular complexity index is 436. The summed E-state index contributed by atoms with van der Waals surface area (Å²) in [6.45, 7) is 13.5. The molecule has 1 aliphatic rings. The van der Waals surface area contributed by atoms with Crippen molar-refractivity contribution in [3.05, 3.63) is 23.9 Å². The molecule has 1 saturated heterocycles. The molecule has 3 heteroatoms. The van der Waals surface area contributed by atoms with E-state index in [4.69, 9.17) is 0 Å². The van der Waals surface area contributed by atoms with Gasteiger partial charge in [-0.1, -0.05) is 27.7 Å². The minimum Gasteiger partial charge on any atom is -0.357 e. The van der Waals surface area contributed by atoms with Crippen molar-refractivity contribution in [2.75, 3.05) is 24.5 Å². The van der Waals surface area contributed by atoms with Crippen LogP contribution in [0.4, 0.5) is 5.82 Å². The van der Waals surface area contributed by atoms with Crippen LogP contribution in [0.25, 0.3) is 0 Å². The van der Waals surface area contributed by atoms with Crippen LogP contribution >= 0.6 is 0 Å². The van der Waals surface area contributed by atoms with Crippen LogP contribution in [0.15, 0.2) is 18.3 Å². The van der Waals surface area contributed by atoms with Crippen molar-refractivity contribution in [3.8, 4) is 0 Å². The number of rotatable bonds is 4. The lowest BCUT2D eigenvalue weighted by molar-refractivity contribution is 0.220. The molecule has 0 aromatic carbocycles. The summed E-state index contributed by atoms with van der Waals surface area (Å²) in [5.74, 6) is 1.98. The van der Waals surface area contributed by atoms with Gasteiger partial charge in [-0.3, -0.25) is 0 Å². The summed E-state index contributed by atoms with van der Waals surface area (Å²) in [6.07, 6.45) is 5.86. The normalized spacial score (nSPS) is 20.4. The Labute approximate surface area is 130 Å². The molecule has 1 unspecified atom stereocenters. The molecule has 1 atom stereocenters. The first-order valence-corrected chi connectivity index (χ1v) is 8.41. The summed E-state index contributed by atoms with van der Waals surface area (Å²) in [6, 6.07) is 4.36. The third kappa shape index (κ3) is 4.70. The van der Waals surface area contributed by atoms with Gasteiger partial charge in [0, 0.05) is 25.8 Å². The Morgan fingerprint density at radius 3 is 2.81 bits per heavy atom. The van der Waals surface area contributed by atoms with Crippen molar-refractivity contribution in [1.29, 1.82) is 0 Å². The number of nitrogens with zero attached hydrogens (tertiary/aromatic N) is 2. The Balaban J connectivity index is 2.02. The highest BCUT2D eigenvalue weighted by molar-refractivity contribution is 5.41. The molecular formula is C18H31N3. The van der Waals surface area contributed by atoms with Gasteiger partial charge in [0.15, 0.2) is 0 Å². The third-order valence-electron chi connectivity index (χ3n) is 4.67.